The van der Waals surface area contributed by atoms with Gasteiger partial charge in [0.05, 0.1) is 21.2 Å². The zero-order valence-electron chi connectivity index (χ0n) is 9.76. The van der Waals surface area contributed by atoms with Crippen molar-refractivity contribution in [3.8, 4) is 0 Å². The van der Waals surface area contributed by atoms with Gasteiger partial charge in [-0.05, 0) is 25.5 Å². The average molecular weight is 276 g/mol. The van der Waals surface area contributed by atoms with E-state index in [2.05, 4.69) is 5.32 Å². The van der Waals surface area contributed by atoms with E-state index >= 15 is 0 Å². The Hall–Kier alpha value is -0.770. The number of aliphatic hydroxyl groups is 1. The number of hydrogen-bond acceptors (Lipinski definition) is 2. The first-order valence-corrected chi connectivity index (χ1v) is 6.07. The molecule has 0 aliphatic carbocycles. The molecule has 1 rings (SSSR count). The molecular formula is C12H15Cl2NO2. The van der Waals surface area contributed by atoms with Gasteiger partial charge in [-0.1, -0.05) is 36.2 Å². The fourth-order valence-electron chi connectivity index (χ4n) is 1.17. The summed E-state index contributed by atoms with van der Waals surface area (Å²) >= 11 is 11.7. The van der Waals surface area contributed by atoms with Crippen molar-refractivity contribution in [2.75, 3.05) is 6.54 Å². The standard InChI is InChI=1S/C12H15Cl2NO2/c1-3-12(2,17)7-15-11(16)8-5-4-6-9(13)10(8)14/h4-6,17H,3,7H2,1-2H3,(H,15,16). The average Bonchev–Trinajstić information content (AvgIpc) is 2.30. The lowest BCUT2D eigenvalue weighted by Crippen LogP contribution is -2.40. The van der Waals surface area contributed by atoms with Crippen LogP contribution in [0.3, 0.4) is 0 Å². The Morgan fingerprint density at radius 3 is 2.71 bits per heavy atom. The van der Waals surface area contributed by atoms with Crippen LogP contribution >= 0.6 is 23.2 Å². The van der Waals surface area contributed by atoms with E-state index in [0.29, 0.717) is 17.0 Å². The molecule has 0 fully saturated rings. The minimum absolute atomic E-state index is 0.172. The molecule has 1 amide bonds. The predicted octanol–water partition coefficient (Wildman–Crippen LogP) is 2.88. The fraction of sp³-hybridized carbons (Fsp3) is 0.417. The van der Waals surface area contributed by atoms with Gasteiger partial charge in [-0.3, -0.25) is 4.79 Å². The van der Waals surface area contributed by atoms with Crippen LogP contribution in [0.5, 0.6) is 0 Å². The van der Waals surface area contributed by atoms with E-state index in [-0.39, 0.29) is 17.5 Å². The molecule has 0 heterocycles. The van der Waals surface area contributed by atoms with E-state index in [0.717, 1.165) is 0 Å². The summed E-state index contributed by atoms with van der Waals surface area (Å²) in [6, 6.07) is 4.86. The molecule has 0 aliphatic heterocycles. The van der Waals surface area contributed by atoms with Gasteiger partial charge < -0.3 is 10.4 Å². The monoisotopic (exact) mass is 275 g/mol. The van der Waals surface area contributed by atoms with Crippen molar-refractivity contribution in [2.24, 2.45) is 0 Å². The second kappa shape index (κ2) is 5.71. The highest BCUT2D eigenvalue weighted by Crippen LogP contribution is 2.25. The highest BCUT2D eigenvalue weighted by atomic mass is 35.5. The van der Waals surface area contributed by atoms with Gasteiger partial charge in [-0.2, -0.15) is 0 Å². The lowest BCUT2D eigenvalue weighted by atomic mass is 10.0. The smallest absolute Gasteiger partial charge is 0.252 e. The van der Waals surface area contributed by atoms with Gasteiger partial charge in [0.2, 0.25) is 0 Å². The summed E-state index contributed by atoms with van der Waals surface area (Å²) < 4.78 is 0. The minimum Gasteiger partial charge on any atom is -0.388 e. The third kappa shape index (κ3) is 3.87. The molecule has 2 N–H and O–H groups in total. The van der Waals surface area contributed by atoms with Crippen molar-refractivity contribution >= 4 is 29.1 Å². The quantitative estimate of drug-likeness (QED) is 0.888. The summed E-state index contributed by atoms with van der Waals surface area (Å²) in [7, 11) is 0. The van der Waals surface area contributed by atoms with Crippen LogP contribution in [0.2, 0.25) is 10.0 Å². The predicted molar refractivity (Wildman–Crippen MR) is 69.7 cm³/mol. The molecule has 1 aromatic rings. The van der Waals surface area contributed by atoms with E-state index < -0.39 is 5.60 Å². The topological polar surface area (TPSA) is 49.3 Å². The zero-order chi connectivity index (χ0) is 13.1. The van der Waals surface area contributed by atoms with E-state index in [4.69, 9.17) is 23.2 Å². The Morgan fingerprint density at radius 1 is 1.47 bits per heavy atom. The van der Waals surface area contributed by atoms with Crippen LogP contribution in [0.25, 0.3) is 0 Å². The summed E-state index contributed by atoms with van der Waals surface area (Å²) in [5.74, 6) is -0.341. The lowest BCUT2D eigenvalue weighted by Gasteiger charge is -2.21. The van der Waals surface area contributed by atoms with Crippen molar-refractivity contribution in [1.29, 1.82) is 0 Å². The first-order valence-electron chi connectivity index (χ1n) is 5.32. The molecule has 0 bridgehead atoms. The molecule has 3 nitrogen and oxygen atoms in total. The van der Waals surface area contributed by atoms with Gasteiger partial charge in [0.15, 0.2) is 0 Å². The van der Waals surface area contributed by atoms with Crippen molar-refractivity contribution in [1.82, 2.24) is 5.32 Å². The minimum atomic E-state index is -0.916. The van der Waals surface area contributed by atoms with E-state index in [1.807, 2.05) is 6.92 Å². The maximum Gasteiger partial charge on any atom is 0.252 e. The summed E-state index contributed by atoms with van der Waals surface area (Å²) in [6.07, 6.45) is 0.552. The number of hydrogen-bond donors (Lipinski definition) is 2. The first kappa shape index (κ1) is 14.3. The Bertz CT molecular complexity index is 419. The molecular weight excluding hydrogens is 261 g/mol. The molecule has 1 aromatic carbocycles. The van der Waals surface area contributed by atoms with Crippen LogP contribution in [0.15, 0.2) is 18.2 Å². The Kier molecular flexibility index (Phi) is 4.80. The molecule has 0 spiro atoms. The largest absolute Gasteiger partial charge is 0.388 e. The third-order valence-corrected chi connectivity index (χ3v) is 3.41. The van der Waals surface area contributed by atoms with Crippen molar-refractivity contribution in [2.45, 2.75) is 25.9 Å². The number of halogens is 2. The van der Waals surface area contributed by atoms with Gasteiger partial charge in [0.25, 0.3) is 5.91 Å². The van der Waals surface area contributed by atoms with Crippen LogP contribution in [-0.4, -0.2) is 23.2 Å². The Morgan fingerprint density at radius 2 is 2.12 bits per heavy atom. The molecule has 0 saturated carbocycles. The van der Waals surface area contributed by atoms with Gasteiger partial charge in [-0.15, -0.1) is 0 Å². The van der Waals surface area contributed by atoms with E-state index in [1.54, 1.807) is 25.1 Å². The van der Waals surface area contributed by atoms with Gasteiger partial charge >= 0.3 is 0 Å². The lowest BCUT2D eigenvalue weighted by molar-refractivity contribution is 0.0518. The number of carbonyl (C=O) groups excluding carboxylic acids is 1. The number of rotatable bonds is 4. The maximum absolute atomic E-state index is 11.8. The summed E-state index contributed by atoms with van der Waals surface area (Å²) in [4.78, 5) is 11.8. The molecule has 5 heteroatoms. The Balaban J connectivity index is 2.74. The Labute approximate surface area is 111 Å². The second-order valence-corrected chi connectivity index (χ2v) is 4.92. The van der Waals surface area contributed by atoms with Gasteiger partial charge in [-0.25, -0.2) is 0 Å². The molecule has 1 atom stereocenters. The summed E-state index contributed by atoms with van der Waals surface area (Å²) in [6.45, 7) is 3.68. The van der Waals surface area contributed by atoms with Crippen LogP contribution in [-0.2, 0) is 0 Å². The number of benzene rings is 1. The number of carbonyl (C=O) groups is 1. The molecule has 0 radical (unpaired) electrons. The molecule has 0 aromatic heterocycles. The fourth-order valence-corrected chi connectivity index (χ4v) is 1.56. The van der Waals surface area contributed by atoms with Crippen LogP contribution in [0.4, 0.5) is 0 Å². The first-order chi connectivity index (χ1) is 7.87. The van der Waals surface area contributed by atoms with Gasteiger partial charge in [0.1, 0.15) is 0 Å². The molecule has 0 aliphatic rings. The van der Waals surface area contributed by atoms with Crippen molar-refractivity contribution in [3.63, 3.8) is 0 Å². The normalized spacial score (nSPS) is 14.2. The third-order valence-electron chi connectivity index (χ3n) is 2.59. The highest BCUT2D eigenvalue weighted by molar-refractivity contribution is 6.43. The summed E-state index contributed by atoms with van der Waals surface area (Å²) in [5.41, 5.74) is -0.605. The zero-order valence-corrected chi connectivity index (χ0v) is 11.3. The van der Waals surface area contributed by atoms with Crippen molar-refractivity contribution in [3.05, 3.63) is 33.8 Å². The SMILES string of the molecule is CCC(C)(O)CNC(=O)c1cccc(Cl)c1Cl. The molecule has 0 saturated heterocycles. The summed E-state index contributed by atoms with van der Waals surface area (Å²) in [5, 5.41) is 13.0. The molecule has 1 unspecified atom stereocenters. The van der Waals surface area contributed by atoms with E-state index in [9.17, 15) is 9.90 Å². The molecule has 17 heavy (non-hydrogen) atoms. The number of amides is 1. The van der Waals surface area contributed by atoms with Crippen molar-refractivity contribution < 1.29 is 9.90 Å². The van der Waals surface area contributed by atoms with Crippen LogP contribution in [0.1, 0.15) is 30.6 Å². The van der Waals surface area contributed by atoms with Gasteiger partial charge in [0, 0.05) is 6.54 Å². The van der Waals surface area contributed by atoms with Crippen LogP contribution < -0.4 is 5.32 Å². The maximum atomic E-state index is 11.8. The van der Waals surface area contributed by atoms with Crippen LogP contribution in [0, 0.1) is 0 Å². The molecule has 94 valence electrons. The second-order valence-electron chi connectivity index (χ2n) is 4.13. The number of nitrogens with one attached hydrogen (secondary N) is 1. The highest BCUT2D eigenvalue weighted by Gasteiger charge is 2.20. The van der Waals surface area contributed by atoms with E-state index in [1.165, 1.54) is 0 Å².